The third kappa shape index (κ3) is 5.98. The van der Waals surface area contributed by atoms with Crippen molar-refractivity contribution in [3.63, 3.8) is 0 Å². The zero-order valence-electron chi connectivity index (χ0n) is 20.2. The molecule has 0 heterocycles. The molecule has 9 heteroatoms. The van der Waals surface area contributed by atoms with Crippen molar-refractivity contribution in [3.8, 4) is 11.1 Å². The first-order valence-electron chi connectivity index (χ1n) is 11.3. The third-order valence-corrected chi connectivity index (χ3v) is 5.58. The first-order valence-corrected chi connectivity index (χ1v) is 11.3. The molecule has 3 rings (SSSR count). The van der Waals surface area contributed by atoms with Crippen molar-refractivity contribution in [2.45, 2.75) is 51.3 Å². The van der Waals surface area contributed by atoms with E-state index in [1.165, 1.54) is 12.0 Å². The highest BCUT2D eigenvalue weighted by Gasteiger charge is 2.42. The summed E-state index contributed by atoms with van der Waals surface area (Å²) >= 11 is 0. The summed E-state index contributed by atoms with van der Waals surface area (Å²) in [4.78, 5) is 51.0. The second-order valence-electron chi connectivity index (χ2n) is 9.22. The number of hydrogen-bond acceptors (Lipinski definition) is 6. The van der Waals surface area contributed by atoms with Gasteiger partial charge in [0.2, 0.25) is 0 Å². The number of aliphatic carboxylic acids is 1. The normalized spacial score (nSPS) is 13.3. The average Bonchev–Trinajstić information content (AvgIpc) is 3.11. The Kier molecular flexibility index (Phi) is 7.78. The lowest BCUT2D eigenvalue weighted by molar-refractivity contribution is -0.141. The van der Waals surface area contributed by atoms with Crippen LogP contribution in [0.25, 0.3) is 11.1 Å². The van der Waals surface area contributed by atoms with Crippen LogP contribution in [0.2, 0.25) is 0 Å². The number of ether oxygens (including phenoxy) is 2. The molecule has 0 bridgehead atoms. The summed E-state index contributed by atoms with van der Waals surface area (Å²) in [6.45, 7) is 5.15. The monoisotopic (exact) mass is 482 g/mol. The van der Waals surface area contributed by atoms with Crippen molar-refractivity contribution < 1.29 is 33.8 Å². The van der Waals surface area contributed by atoms with E-state index in [9.17, 15) is 24.3 Å². The number of carboxylic acid groups (broad SMARTS) is 1. The van der Waals surface area contributed by atoms with E-state index in [-0.39, 0.29) is 13.0 Å². The second kappa shape index (κ2) is 10.6. The van der Waals surface area contributed by atoms with Crippen molar-refractivity contribution in [2.75, 3.05) is 13.7 Å². The van der Waals surface area contributed by atoms with E-state index < -0.39 is 48.0 Å². The van der Waals surface area contributed by atoms with Gasteiger partial charge in [-0.15, -0.1) is 0 Å². The van der Waals surface area contributed by atoms with Crippen molar-refractivity contribution >= 4 is 23.9 Å². The molecule has 2 N–H and O–H groups in total. The molecule has 2 aromatic rings. The molecule has 35 heavy (non-hydrogen) atoms. The summed E-state index contributed by atoms with van der Waals surface area (Å²) in [5, 5.41) is 11.9. The van der Waals surface area contributed by atoms with E-state index in [2.05, 4.69) is 5.32 Å². The quantitative estimate of drug-likeness (QED) is 0.542. The summed E-state index contributed by atoms with van der Waals surface area (Å²) in [6, 6.07) is 13.2. The minimum atomic E-state index is -1.31. The van der Waals surface area contributed by atoms with Crippen LogP contribution in [0.4, 0.5) is 9.59 Å². The Labute approximate surface area is 204 Å². The zero-order valence-corrected chi connectivity index (χ0v) is 20.2. The van der Waals surface area contributed by atoms with Gasteiger partial charge in [-0.3, -0.25) is 14.5 Å². The molecule has 0 aromatic heterocycles. The Morgan fingerprint density at radius 2 is 1.54 bits per heavy atom. The van der Waals surface area contributed by atoms with Gasteiger partial charge in [0.1, 0.15) is 12.0 Å². The van der Waals surface area contributed by atoms with Gasteiger partial charge in [-0.25, -0.2) is 9.59 Å². The van der Waals surface area contributed by atoms with E-state index in [4.69, 9.17) is 9.47 Å². The second-order valence-corrected chi connectivity index (χ2v) is 9.22. The standard InChI is InChI=1S/C26H30N2O7/c1-26(2,3)35-24(32)27-14-13-20(21(29)15-22(30)31)28(25(33)34-4)23-18-11-7-5-9-16(18)17-10-6-8-12-19(17)23/h5-12,20,23H,13-15H2,1-4H3,(H,27,32)(H,30,31). The number of Topliss-reactive ketones (excluding diaryl/α,β-unsaturated/α-hetero) is 1. The molecular weight excluding hydrogens is 452 g/mol. The maximum atomic E-state index is 13.1. The number of ketones is 1. The number of amides is 2. The molecular formula is C26H30N2O7. The van der Waals surface area contributed by atoms with E-state index in [0.717, 1.165) is 22.3 Å². The fraction of sp³-hybridized carbons (Fsp3) is 0.385. The average molecular weight is 483 g/mol. The lowest BCUT2D eigenvalue weighted by atomic mass is 9.97. The lowest BCUT2D eigenvalue weighted by Gasteiger charge is -2.35. The predicted octanol–water partition coefficient (Wildman–Crippen LogP) is 4.15. The zero-order chi connectivity index (χ0) is 25.8. The van der Waals surface area contributed by atoms with Gasteiger partial charge >= 0.3 is 18.2 Å². The molecule has 0 saturated heterocycles. The van der Waals surface area contributed by atoms with Crippen LogP contribution in [-0.4, -0.2) is 59.2 Å². The number of nitrogens with one attached hydrogen (secondary N) is 1. The van der Waals surface area contributed by atoms with Gasteiger partial charge < -0.3 is 19.9 Å². The van der Waals surface area contributed by atoms with Gasteiger partial charge in [0.15, 0.2) is 5.78 Å². The molecule has 0 saturated carbocycles. The molecule has 1 aliphatic carbocycles. The van der Waals surface area contributed by atoms with E-state index in [1.807, 2.05) is 48.5 Å². The maximum absolute atomic E-state index is 13.1. The van der Waals surface area contributed by atoms with Crippen LogP contribution in [-0.2, 0) is 19.1 Å². The van der Waals surface area contributed by atoms with E-state index in [1.54, 1.807) is 20.8 Å². The Morgan fingerprint density at radius 1 is 1.00 bits per heavy atom. The molecule has 9 nitrogen and oxygen atoms in total. The van der Waals surface area contributed by atoms with Crippen LogP contribution in [0, 0.1) is 0 Å². The summed E-state index contributed by atoms with van der Waals surface area (Å²) in [5.74, 6) is -1.98. The smallest absolute Gasteiger partial charge is 0.410 e. The van der Waals surface area contributed by atoms with Crippen molar-refractivity contribution in [3.05, 3.63) is 59.7 Å². The van der Waals surface area contributed by atoms with Gasteiger partial charge in [0, 0.05) is 6.54 Å². The Bertz CT molecular complexity index is 1080. The molecule has 0 spiro atoms. The number of nitrogens with zero attached hydrogens (tertiary/aromatic N) is 1. The summed E-state index contributed by atoms with van der Waals surface area (Å²) in [7, 11) is 1.21. The summed E-state index contributed by atoms with van der Waals surface area (Å²) < 4.78 is 10.3. The fourth-order valence-corrected chi connectivity index (χ4v) is 4.29. The highest BCUT2D eigenvalue weighted by Crippen LogP contribution is 2.47. The SMILES string of the molecule is COC(=O)N(C(CCNC(=O)OC(C)(C)C)C(=O)CC(=O)O)C1c2ccccc2-c2ccccc21. The number of carbonyl (C=O) groups is 4. The van der Waals surface area contributed by atoms with Crippen LogP contribution in [0.15, 0.2) is 48.5 Å². The van der Waals surface area contributed by atoms with Crippen LogP contribution in [0.3, 0.4) is 0 Å². The summed E-state index contributed by atoms with van der Waals surface area (Å²) in [5.41, 5.74) is 2.72. The minimum absolute atomic E-state index is 0.0194. The fourth-order valence-electron chi connectivity index (χ4n) is 4.29. The van der Waals surface area contributed by atoms with Gasteiger partial charge in [-0.05, 0) is 49.4 Å². The molecule has 0 fully saturated rings. The van der Waals surface area contributed by atoms with E-state index in [0.29, 0.717) is 0 Å². The van der Waals surface area contributed by atoms with Crippen LogP contribution in [0.1, 0.15) is 50.8 Å². The number of alkyl carbamates (subject to hydrolysis) is 1. The molecule has 1 unspecified atom stereocenters. The number of fused-ring (bicyclic) bond motifs is 3. The number of rotatable bonds is 8. The van der Waals surface area contributed by atoms with Crippen LogP contribution in [0.5, 0.6) is 0 Å². The third-order valence-electron chi connectivity index (χ3n) is 5.58. The number of methoxy groups -OCH3 is 1. The van der Waals surface area contributed by atoms with Crippen molar-refractivity contribution in [1.29, 1.82) is 0 Å². The molecule has 2 aromatic carbocycles. The molecule has 1 atom stereocenters. The first kappa shape index (κ1) is 25.7. The number of carboxylic acids is 1. The molecule has 186 valence electrons. The van der Waals surface area contributed by atoms with E-state index >= 15 is 0 Å². The first-order chi connectivity index (χ1) is 16.5. The molecule has 2 amide bonds. The molecule has 0 radical (unpaired) electrons. The lowest BCUT2D eigenvalue weighted by Crippen LogP contribution is -2.49. The Hall–Kier alpha value is -3.88. The van der Waals surface area contributed by atoms with Gasteiger partial charge in [-0.1, -0.05) is 48.5 Å². The van der Waals surface area contributed by atoms with Crippen LogP contribution >= 0.6 is 0 Å². The Morgan fingerprint density at radius 3 is 2.03 bits per heavy atom. The Balaban J connectivity index is 1.99. The topological polar surface area (TPSA) is 122 Å². The van der Waals surface area contributed by atoms with Crippen molar-refractivity contribution in [2.24, 2.45) is 0 Å². The molecule has 1 aliphatic rings. The number of benzene rings is 2. The highest BCUT2D eigenvalue weighted by atomic mass is 16.6. The number of hydrogen-bond donors (Lipinski definition) is 2. The predicted molar refractivity (Wildman–Crippen MR) is 128 cm³/mol. The van der Waals surface area contributed by atoms with Gasteiger partial charge in [0.25, 0.3) is 0 Å². The largest absolute Gasteiger partial charge is 0.481 e. The maximum Gasteiger partial charge on any atom is 0.410 e. The minimum Gasteiger partial charge on any atom is -0.481 e. The summed E-state index contributed by atoms with van der Waals surface area (Å²) in [6.07, 6.45) is -2.26. The van der Waals surface area contributed by atoms with Gasteiger partial charge in [-0.2, -0.15) is 0 Å². The number of carbonyl (C=O) groups excluding carboxylic acids is 3. The highest BCUT2D eigenvalue weighted by molar-refractivity contribution is 5.99. The molecule has 0 aliphatic heterocycles. The van der Waals surface area contributed by atoms with Gasteiger partial charge in [0.05, 0.1) is 19.2 Å². The van der Waals surface area contributed by atoms with Crippen molar-refractivity contribution in [1.82, 2.24) is 10.2 Å². The van der Waals surface area contributed by atoms with Crippen LogP contribution < -0.4 is 5.32 Å².